The monoisotopic (exact) mass is 286 g/mol. The van der Waals surface area contributed by atoms with E-state index < -0.39 is 10.0 Å². The second-order valence-electron chi connectivity index (χ2n) is 4.82. The predicted octanol–water partition coefficient (Wildman–Crippen LogP) is 1.17. The first-order valence-corrected chi connectivity index (χ1v) is 7.79. The lowest BCUT2D eigenvalue weighted by Crippen LogP contribution is -2.36. The van der Waals surface area contributed by atoms with Crippen LogP contribution in [0.25, 0.3) is 0 Å². The smallest absolute Gasteiger partial charge is 0.258 e. The largest absolute Gasteiger partial charge is 0.464 e. The highest BCUT2D eigenvalue weighted by atomic mass is 32.2. The van der Waals surface area contributed by atoms with Crippen molar-refractivity contribution in [1.82, 2.24) is 4.90 Å². The van der Waals surface area contributed by atoms with Gasteiger partial charge in [0.15, 0.2) is 0 Å². The molecule has 2 N–H and O–H groups in total. The summed E-state index contributed by atoms with van der Waals surface area (Å²) in [6, 6.07) is 0. The average molecular weight is 286 g/mol. The maximum Gasteiger partial charge on any atom is 0.258 e. The summed E-state index contributed by atoms with van der Waals surface area (Å²) in [5.41, 5.74) is 0.0851. The minimum absolute atomic E-state index is 0.0851. The Morgan fingerprint density at radius 2 is 1.74 bits per heavy atom. The Morgan fingerprint density at radius 1 is 1.16 bits per heavy atom. The van der Waals surface area contributed by atoms with Crippen molar-refractivity contribution in [2.24, 2.45) is 5.14 Å². The summed E-state index contributed by atoms with van der Waals surface area (Å²) in [6.45, 7) is 4.37. The van der Waals surface area contributed by atoms with E-state index in [0.29, 0.717) is 18.8 Å². The SMILES string of the molecule is Cc1oc(C)c(S(N)(=O)=O)c1C(=O)N1CCCCC1. The molecule has 0 spiro atoms. The Morgan fingerprint density at radius 3 is 2.26 bits per heavy atom. The number of amides is 1. The zero-order valence-corrected chi connectivity index (χ0v) is 11.9. The topological polar surface area (TPSA) is 93.6 Å². The van der Waals surface area contributed by atoms with Crippen molar-refractivity contribution in [1.29, 1.82) is 0 Å². The number of nitrogens with zero attached hydrogens (tertiary/aromatic N) is 1. The zero-order chi connectivity index (χ0) is 14.2. The molecule has 1 aliphatic rings. The van der Waals surface area contributed by atoms with Crippen molar-refractivity contribution < 1.29 is 17.6 Å². The van der Waals surface area contributed by atoms with Crippen molar-refractivity contribution in [3.8, 4) is 0 Å². The van der Waals surface area contributed by atoms with Crippen LogP contribution in [0.4, 0.5) is 0 Å². The second kappa shape index (κ2) is 4.97. The normalized spacial score (nSPS) is 16.7. The number of sulfonamides is 1. The number of likely N-dealkylation sites (tertiary alicyclic amines) is 1. The van der Waals surface area contributed by atoms with Gasteiger partial charge in [0.1, 0.15) is 22.0 Å². The van der Waals surface area contributed by atoms with Crippen LogP contribution in [0.5, 0.6) is 0 Å². The molecule has 1 fully saturated rings. The van der Waals surface area contributed by atoms with E-state index in [9.17, 15) is 13.2 Å². The molecule has 0 saturated carbocycles. The van der Waals surface area contributed by atoms with E-state index in [1.807, 2.05) is 0 Å². The lowest BCUT2D eigenvalue weighted by atomic mass is 10.1. The summed E-state index contributed by atoms with van der Waals surface area (Å²) in [6.07, 6.45) is 2.97. The van der Waals surface area contributed by atoms with Crippen LogP contribution in [0.1, 0.15) is 41.1 Å². The first-order valence-electron chi connectivity index (χ1n) is 6.24. The molecule has 1 aromatic rings. The molecule has 19 heavy (non-hydrogen) atoms. The number of carbonyl (C=O) groups excluding carboxylic acids is 1. The molecule has 2 rings (SSSR count). The second-order valence-corrected chi connectivity index (χ2v) is 6.31. The Balaban J connectivity index is 2.47. The molecule has 7 heteroatoms. The van der Waals surface area contributed by atoms with Crippen molar-refractivity contribution >= 4 is 15.9 Å². The van der Waals surface area contributed by atoms with E-state index >= 15 is 0 Å². The van der Waals surface area contributed by atoms with Crippen LogP contribution in [0.3, 0.4) is 0 Å². The van der Waals surface area contributed by atoms with Crippen molar-refractivity contribution in [3.05, 3.63) is 17.1 Å². The summed E-state index contributed by atoms with van der Waals surface area (Å²) in [7, 11) is -3.97. The molecule has 0 radical (unpaired) electrons. The fourth-order valence-electron chi connectivity index (χ4n) is 2.51. The summed E-state index contributed by atoms with van der Waals surface area (Å²) in [5.74, 6) is 0.163. The lowest BCUT2D eigenvalue weighted by Gasteiger charge is -2.26. The number of nitrogens with two attached hydrogens (primary N) is 1. The zero-order valence-electron chi connectivity index (χ0n) is 11.1. The van der Waals surface area contributed by atoms with Gasteiger partial charge in [0.05, 0.1) is 0 Å². The quantitative estimate of drug-likeness (QED) is 0.883. The minimum atomic E-state index is -3.97. The molecule has 0 aromatic carbocycles. The highest BCUT2D eigenvalue weighted by Gasteiger charge is 2.31. The predicted molar refractivity (Wildman–Crippen MR) is 69.3 cm³/mol. The van der Waals surface area contributed by atoms with Crippen LogP contribution < -0.4 is 5.14 Å². The molecule has 1 saturated heterocycles. The number of furan rings is 1. The molecular weight excluding hydrogens is 268 g/mol. The molecule has 1 amide bonds. The Hall–Kier alpha value is -1.34. The fraction of sp³-hybridized carbons (Fsp3) is 0.583. The third-order valence-electron chi connectivity index (χ3n) is 3.35. The van der Waals surface area contributed by atoms with Gasteiger partial charge in [0.25, 0.3) is 5.91 Å². The summed E-state index contributed by atoms with van der Waals surface area (Å²) < 4.78 is 28.5. The summed E-state index contributed by atoms with van der Waals surface area (Å²) >= 11 is 0. The molecular formula is C12H18N2O4S. The van der Waals surface area contributed by atoms with E-state index in [1.54, 1.807) is 11.8 Å². The number of primary sulfonamides is 1. The molecule has 6 nitrogen and oxygen atoms in total. The molecule has 0 aliphatic carbocycles. The van der Waals surface area contributed by atoms with E-state index in [0.717, 1.165) is 19.3 Å². The van der Waals surface area contributed by atoms with Crippen LogP contribution in [0.2, 0.25) is 0 Å². The van der Waals surface area contributed by atoms with Crippen molar-refractivity contribution in [3.63, 3.8) is 0 Å². The number of piperidine rings is 1. The van der Waals surface area contributed by atoms with Gasteiger partial charge in [-0.05, 0) is 33.1 Å². The number of rotatable bonds is 2. The van der Waals surface area contributed by atoms with Gasteiger partial charge in [-0.3, -0.25) is 4.79 Å². The maximum atomic E-state index is 12.4. The van der Waals surface area contributed by atoms with Gasteiger partial charge < -0.3 is 9.32 Å². The van der Waals surface area contributed by atoms with Crippen LogP contribution in [-0.2, 0) is 10.0 Å². The first kappa shape index (κ1) is 14.1. The minimum Gasteiger partial charge on any atom is -0.464 e. The van der Waals surface area contributed by atoms with Crippen LogP contribution in [0, 0.1) is 13.8 Å². The molecule has 2 heterocycles. The van der Waals surface area contributed by atoms with Gasteiger partial charge in [0.2, 0.25) is 10.0 Å². The summed E-state index contributed by atoms with van der Waals surface area (Å²) in [4.78, 5) is 13.9. The van der Waals surface area contributed by atoms with E-state index in [4.69, 9.17) is 9.56 Å². The molecule has 0 atom stereocenters. The summed E-state index contributed by atoms with van der Waals surface area (Å²) in [5, 5.41) is 5.18. The van der Waals surface area contributed by atoms with Crippen molar-refractivity contribution in [2.75, 3.05) is 13.1 Å². The number of carbonyl (C=O) groups is 1. The Labute approximate surface area is 112 Å². The van der Waals surface area contributed by atoms with E-state index in [1.165, 1.54) is 6.92 Å². The number of hydrogen-bond donors (Lipinski definition) is 1. The maximum absolute atomic E-state index is 12.4. The molecule has 0 unspecified atom stereocenters. The van der Waals surface area contributed by atoms with Crippen molar-refractivity contribution in [2.45, 2.75) is 38.0 Å². The third-order valence-corrected chi connectivity index (χ3v) is 4.41. The molecule has 0 bridgehead atoms. The van der Waals surface area contributed by atoms with Gasteiger partial charge in [-0.1, -0.05) is 0 Å². The number of aryl methyl sites for hydroxylation is 2. The van der Waals surface area contributed by atoms with Gasteiger partial charge in [-0.25, -0.2) is 13.6 Å². The first-order chi connectivity index (χ1) is 8.82. The van der Waals surface area contributed by atoms with E-state index in [2.05, 4.69) is 0 Å². The third kappa shape index (κ3) is 2.66. The fourth-order valence-corrected chi connectivity index (χ4v) is 3.47. The van der Waals surface area contributed by atoms with Gasteiger partial charge in [-0.2, -0.15) is 0 Å². The molecule has 106 valence electrons. The molecule has 1 aromatic heterocycles. The standard InChI is InChI=1S/C12H18N2O4S/c1-8-10(11(9(2)18-8)19(13,16)17)12(15)14-6-4-3-5-7-14/h3-7H2,1-2H3,(H2,13,16,17). The Kier molecular flexibility index (Phi) is 3.69. The van der Waals surface area contributed by atoms with Crippen LogP contribution in [-0.4, -0.2) is 32.3 Å². The average Bonchev–Trinajstić information content (AvgIpc) is 2.64. The highest BCUT2D eigenvalue weighted by molar-refractivity contribution is 7.89. The molecule has 1 aliphatic heterocycles. The van der Waals surface area contributed by atoms with Crippen LogP contribution >= 0.6 is 0 Å². The Bertz CT molecular complexity index is 597. The number of hydrogen-bond acceptors (Lipinski definition) is 4. The lowest BCUT2D eigenvalue weighted by molar-refractivity contribution is 0.0719. The van der Waals surface area contributed by atoms with Gasteiger partial charge in [-0.15, -0.1) is 0 Å². The van der Waals surface area contributed by atoms with Gasteiger partial charge >= 0.3 is 0 Å². The van der Waals surface area contributed by atoms with E-state index in [-0.39, 0.29) is 22.1 Å². The highest BCUT2D eigenvalue weighted by Crippen LogP contribution is 2.27. The van der Waals surface area contributed by atoms with Crippen LogP contribution in [0.15, 0.2) is 9.31 Å². The van der Waals surface area contributed by atoms with Gasteiger partial charge in [0, 0.05) is 13.1 Å².